The van der Waals surface area contributed by atoms with Gasteiger partial charge in [0.15, 0.2) is 0 Å². The van der Waals surface area contributed by atoms with E-state index in [4.69, 9.17) is 24.4 Å². The zero-order valence-corrected chi connectivity index (χ0v) is 21.9. The van der Waals surface area contributed by atoms with Crippen molar-refractivity contribution in [2.45, 2.75) is 117 Å². The highest BCUT2D eigenvalue weighted by Crippen LogP contribution is 2.13. The Balaban J connectivity index is 0.00000106. The van der Waals surface area contributed by atoms with Crippen molar-refractivity contribution in [3.8, 4) is 11.5 Å². The molecule has 1 rings (SSSR count). The van der Waals surface area contributed by atoms with E-state index in [2.05, 4.69) is 27.7 Å². The molecule has 194 valence electrons. The van der Waals surface area contributed by atoms with Crippen LogP contribution in [0.15, 0.2) is 24.3 Å². The summed E-state index contributed by atoms with van der Waals surface area (Å²) in [6.07, 6.45) is 16.1. The highest BCUT2D eigenvalue weighted by Gasteiger charge is 2.06. The number of hydrogen-bond acceptors (Lipinski definition) is 5. The SMILES string of the molecule is CCCCCCCCOC(C)COCC(C)OCCCCCCCC.Oc1ccc(O)cc1. The van der Waals surface area contributed by atoms with Gasteiger partial charge in [-0.1, -0.05) is 78.1 Å². The number of aromatic hydroxyl groups is 2. The van der Waals surface area contributed by atoms with E-state index < -0.39 is 0 Å². The normalized spacial score (nSPS) is 12.7. The van der Waals surface area contributed by atoms with Gasteiger partial charge in [0.25, 0.3) is 0 Å². The predicted octanol–water partition coefficient (Wildman–Crippen LogP) is 7.63. The van der Waals surface area contributed by atoms with Gasteiger partial charge in [-0.3, -0.25) is 0 Å². The summed E-state index contributed by atoms with van der Waals surface area (Å²) in [6.45, 7) is 11.8. The largest absolute Gasteiger partial charge is 0.508 e. The molecule has 1 aromatic carbocycles. The fourth-order valence-electron chi connectivity index (χ4n) is 3.28. The summed E-state index contributed by atoms with van der Waals surface area (Å²) in [5, 5.41) is 17.3. The maximum atomic E-state index is 8.65. The zero-order chi connectivity index (χ0) is 24.6. The lowest BCUT2D eigenvalue weighted by molar-refractivity contribution is -0.0478. The van der Waals surface area contributed by atoms with Crippen molar-refractivity contribution >= 4 is 0 Å². The van der Waals surface area contributed by atoms with E-state index in [-0.39, 0.29) is 23.7 Å². The average molecular weight is 469 g/mol. The fourth-order valence-corrected chi connectivity index (χ4v) is 3.28. The van der Waals surface area contributed by atoms with E-state index in [0.717, 1.165) is 13.2 Å². The molecule has 5 nitrogen and oxygen atoms in total. The fraction of sp³-hybridized carbons (Fsp3) is 0.786. The van der Waals surface area contributed by atoms with E-state index in [1.54, 1.807) is 0 Å². The van der Waals surface area contributed by atoms with Crippen LogP contribution in [0.3, 0.4) is 0 Å². The summed E-state index contributed by atoms with van der Waals surface area (Å²) in [6, 6.07) is 5.70. The second-order valence-corrected chi connectivity index (χ2v) is 8.95. The topological polar surface area (TPSA) is 68.2 Å². The highest BCUT2D eigenvalue weighted by molar-refractivity contribution is 5.28. The lowest BCUT2D eigenvalue weighted by atomic mass is 10.1. The maximum Gasteiger partial charge on any atom is 0.115 e. The van der Waals surface area contributed by atoms with Crippen LogP contribution in [0.1, 0.15) is 105 Å². The van der Waals surface area contributed by atoms with Crippen LogP contribution in [-0.2, 0) is 14.2 Å². The van der Waals surface area contributed by atoms with E-state index in [1.807, 2.05) is 0 Å². The summed E-state index contributed by atoms with van der Waals surface area (Å²) < 4.78 is 17.3. The molecule has 0 aromatic heterocycles. The Bertz CT molecular complexity index is 461. The first-order valence-electron chi connectivity index (χ1n) is 13.3. The minimum atomic E-state index is 0.169. The molecular formula is C28H52O5. The smallest absolute Gasteiger partial charge is 0.115 e. The molecule has 0 aliphatic carbocycles. The third-order valence-electron chi connectivity index (χ3n) is 5.36. The van der Waals surface area contributed by atoms with Crippen LogP contribution in [0.4, 0.5) is 0 Å². The number of benzene rings is 1. The van der Waals surface area contributed by atoms with Crippen LogP contribution in [0.25, 0.3) is 0 Å². The van der Waals surface area contributed by atoms with Gasteiger partial charge in [-0.2, -0.15) is 0 Å². The molecule has 0 saturated heterocycles. The van der Waals surface area contributed by atoms with Crippen LogP contribution in [0, 0.1) is 0 Å². The molecule has 0 spiro atoms. The molecule has 2 N–H and O–H groups in total. The van der Waals surface area contributed by atoms with Crippen molar-refractivity contribution in [2.75, 3.05) is 26.4 Å². The summed E-state index contributed by atoms with van der Waals surface area (Å²) in [7, 11) is 0. The van der Waals surface area contributed by atoms with Gasteiger partial charge in [-0.15, -0.1) is 0 Å². The minimum Gasteiger partial charge on any atom is -0.508 e. The Kier molecular flexibility index (Phi) is 22.9. The standard InChI is InChI=1S/C22H46O3.C6H6O2/c1-5-7-9-11-13-15-17-24-21(3)19-23-20-22(4)25-18-16-14-12-10-8-6-2;7-5-1-2-6(8)4-3-5/h21-22H,5-20H2,1-4H3;1-4,7-8H. The van der Waals surface area contributed by atoms with Crippen LogP contribution in [0.5, 0.6) is 11.5 Å². The van der Waals surface area contributed by atoms with Gasteiger partial charge < -0.3 is 24.4 Å². The summed E-state index contributed by atoms with van der Waals surface area (Å²) in [4.78, 5) is 0. The first kappa shape index (κ1) is 31.7. The maximum absolute atomic E-state index is 8.65. The Labute approximate surface area is 203 Å². The van der Waals surface area contributed by atoms with Crippen molar-refractivity contribution < 1.29 is 24.4 Å². The van der Waals surface area contributed by atoms with Crippen molar-refractivity contribution in [2.24, 2.45) is 0 Å². The number of ether oxygens (including phenoxy) is 3. The number of unbranched alkanes of at least 4 members (excludes halogenated alkanes) is 10. The molecule has 0 bridgehead atoms. The third kappa shape index (κ3) is 23.6. The van der Waals surface area contributed by atoms with Gasteiger partial charge in [-0.25, -0.2) is 0 Å². The monoisotopic (exact) mass is 468 g/mol. The molecule has 2 unspecified atom stereocenters. The number of phenols is 2. The number of phenolic OH excluding ortho intramolecular Hbond substituents is 2. The second kappa shape index (κ2) is 23.8. The van der Waals surface area contributed by atoms with E-state index >= 15 is 0 Å². The van der Waals surface area contributed by atoms with Crippen LogP contribution >= 0.6 is 0 Å². The molecule has 33 heavy (non-hydrogen) atoms. The van der Waals surface area contributed by atoms with Crippen molar-refractivity contribution in [1.29, 1.82) is 0 Å². The first-order chi connectivity index (χ1) is 16.0. The third-order valence-corrected chi connectivity index (χ3v) is 5.36. The van der Waals surface area contributed by atoms with Crippen LogP contribution in [0.2, 0.25) is 0 Å². The van der Waals surface area contributed by atoms with E-state index in [0.29, 0.717) is 13.2 Å². The Morgan fingerprint density at radius 1 is 0.576 bits per heavy atom. The molecular weight excluding hydrogens is 416 g/mol. The molecule has 1 aromatic rings. The first-order valence-corrected chi connectivity index (χ1v) is 13.3. The van der Waals surface area contributed by atoms with Crippen molar-refractivity contribution in [1.82, 2.24) is 0 Å². The summed E-state index contributed by atoms with van der Waals surface area (Å²) in [5.41, 5.74) is 0. The second-order valence-electron chi connectivity index (χ2n) is 8.95. The Morgan fingerprint density at radius 2 is 0.909 bits per heavy atom. The Morgan fingerprint density at radius 3 is 1.27 bits per heavy atom. The van der Waals surface area contributed by atoms with Gasteiger partial charge in [0, 0.05) is 13.2 Å². The van der Waals surface area contributed by atoms with E-state index in [1.165, 1.54) is 101 Å². The van der Waals surface area contributed by atoms with Crippen molar-refractivity contribution in [3.05, 3.63) is 24.3 Å². The van der Waals surface area contributed by atoms with Gasteiger partial charge in [0.2, 0.25) is 0 Å². The highest BCUT2D eigenvalue weighted by atomic mass is 16.6. The molecule has 0 amide bonds. The Hall–Kier alpha value is -1.30. The zero-order valence-electron chi connectivity index (χ0n) is 21.9. The van der Waals surface area contributed by atoms with Gasteiger partial charge in [0.05, 0.1) is 25.4 Å². The number of rotatable bonds is 20. The minimum absolute atomic E-state index is 0.169. The predicted molar refractivity (Wildman–Crippen MR) is 138 cm³/mol. The van der Waals surface area contributed by atoms with Gasteiger partial charge in [-0.05, 0) is 51.0 Å². The van der Waals surface area contributed by atoms with Gasteiger partial charge in [0.1, 0.15) is 11.5 Å². The molecule has 0 fully saturated rings. The quantitative estimate of drug-likeness (QED) is 0.152. The van der Waals surface area contributed by atoms with Crippen molar-refractivity contribution in [3.63, 3.8) is 0 Å². The molecule has 5 heteroatoms. The molecule has 0 radical (unpaired) electrons. The molecule has 0 saturated carbocycles. The number of hydrogen-bond donors (Lipinski definition) is 2. The summed E-state index contributed by atoms with van der Waals surface area (Å²) in [5.74, 6) is 0.339. The molecule has 2 atom stereocenters. The lowest BCUT2D eigenvalue weighted by Gasteiger charge is -2.17. The van der Waals surface area contributed by atoms with E-state index in [9.17, 15) is 0 Å². The van der Waals surface area contributed by atoms with Gasteiger partial charge >= 0.3 is 0 Å². The molecule has 0 aliphatic rings. The lowest BCUT2D eigenvalue weighted by Crippen LogP contribution is -2.22. The average Bonchev–Trinajstić information content (AvgIpc) is 2.80. The molecule has 0 heterocycles. The summed E-state index contributed by atoms with van der Waals surface area (Å²) >= 11 is 0. The van der Waals surface area contributed by atoms with Crippen LogP contribution in [-0.4, -0.2) is 48.8 Å². The molecule has 0 aliphatic heterocycles. The van der Waals surface area contributed by atoms with Crippen LogP contribution < -0.4 is 0 Å².